The molecule has 0 saturated carbocycles. The van der Waals surface area contributed by atoms with Crippen LogP contribution in [0, 0.1) is 0 Å². The summed E-state index contributed by atoms with van der Waals surface area (Å²) < 4.78 is 0. The first-order chi connectivity index (χ1) is 10.6. The molecule has 1 heterocycles. The zero-order chi connectivity index (χ0) is 16.1. The molecule has 0 radical (unpaired) electrons. The first-order valence-electron chi connectivity index (χ1n) is 8.36. The largest absolute Gasteiger partial charge is 0.480 e. The zero-order valence-electron chi connectivity index (χ0n) is 14.0. The summed E-state index contributed by atoms with van der Waals surface area (Å²) in [6.07, 6.45) is 2.12. The van der Waals surface area contributed by atoms with E-state index < -0.39 is 12.0 Å². The summed E-state index contributed by atoms with van der Waals surface area (Å²) in [6.45, 7) is 10.2. The third-order valence-electron chi connectivity index (χ3n) is 4.61. The fraction of sp³-hybridized carbons (Fsp3) is 0.611. The van der Waals surface area contributed by atoms with Crippen molar-refractivity contribution in [3.05, 3.63) is 35.4 Å². The highest BCUT2D eigenvalue weighted by Crippen LogP contribution is 2.25. The minimum Gasteiger partial charge on any atom is -0.480 e. The minimum absolute atomic E-state index is 0.408. The fourth-order valence-electron chi connectivity index (χ4n) is 3.32. The van der Waals surface area contributed by atoms with Crippen LogP contribution >= 0.6 is 0 Å². The minimum atomic E-state index is -0.750. The number of hydrogen-bond donors (Lipinski definition) is 1. The van der Waals surface area contributed by atoms with E-state index in [9.17, 15) is 9.90 Å². The summed E-state index contributed by atoms with van der Waals surface area (Å²) in [6, 6.07) is 7.91. The van der Waals surface area contributed by atoms with Crippen LogP contribution in [0.2, 0.25) is 0 Å². The second-order valence-corrected chi connectivity index (χ2v) is 6.22. The number of rotatable bonds is 6. The molecule has 0 aliphatic carbocycles. The first kappa shape index (κ1) is 17.0. The Kier molecular flexibility index (Phi) is 5.98. The number of hydrogen-bond acceptors (Lipinski definition) is 3. The Labute approximate surface area is 133 Å². The Balaban J connectivity index is 2.13. The predicted molar refractivity (Wildman–Crippen MR) is 89.1 cm³/mol. The molecule has 1 saturated heterocycles. The van der Waals surface area contributed by atoms with Crippen LogP contribution in [-0.2, 0) is 11.2 Å². The summed E-state index contributed by atoms with van der Waals surface area (Å²) in [5, 5.41) is 9.71. The van der Waals surface area contributed by atoms with Crippen molar-refractivity contribution in [1.29, 1.82) is 0 Å². The molecule has 22 heavy (non-hydrogen) atoms. The summed E-state index contributed by atoms with van der Waals surface area (Å²) in [4.78, 5) is 16.4. The van der Waals surface area contributed by atoms with E-state index in [4.69, 9.17) is 0 Å². The Morgan fingerprint density at radius 3 is 2.45 bits per heavy atom. The molecule has 0 bridgehead atoms. The molecule has 0 amide bonds. The van der Waals surface area contributed by atoms with Gasteiger partial charge in [-0.05, 0) is 37.4 Å². The maximum Gasteiger partial charge on any atom is 0.325 e. The van der Waals surface area contributed by atoms with Crippen molar-refractivity contribution in [2.24, 2.45) is 0 Å². The number of carbonyl (C=O) groups is 1. The van der Waals surface area contributed by atoms with Crippen molar-refractivity contribution in [3.63, 3.8) is 0 Å². The second-order valence-electron chi connectivity index (χ2n) is 6.22. The number of nitrogens with zero attached hydrogens (tertiary/aromatic N) is 2. The molecule has 4 heteroatoms. The molecule has 2 atom stereocenters. The first-order valence-corrected chi connectivity index (χ1v) is 8.36. The molecule has 122 valence electrons. The Bertz CT molecular complexity index is 486. The maximum atomic E-state index is 11.8. The number of aryl methyl sites for hydroxylation is 1. The summed E-state index contributed by atoms with van der Waals surface area (Å²) in [5.41, 5.74) is 2.13. The smallest absolute Gasteiger partial charge is 0.325 e. The van der Waals surface area contributed by atoms with E-state index in [1.807, 2.05) is 24.3 Å². The van der Waals surface area contributed by atoms with Gasteiger partial charge < -0.3 is 5.11 Å². The Morgan fingerprint density at radius 2 is 1.95 bits per heavy atom. The molecule has 2 unspecified atom stereocenters. The SMILES string of the molecule is CCCN1CCN(C(C(=O)O)c2ccc(CC)cc2)CC1C. The average molecular weight is 304 g/mol. The molecule has 1 N–H and O–H groups in total. The van der Waals surface area contributed by atoms with E-state index in [0.717, 1.165) is 44.6 Å². The summed E-state index contributed by atoms with van der Waals surface area (Å²) >= 11 is 0. The van der Waals surface area contributed by atoms with Crippen molar-refractivity contribution in [2.45, 2.75) is 45.7 Å². The lowest BCUT2D eigenvalue weighted by Gasteiger charge is -2.42. The lowest BCUT2D eigenvalue weighted by Crippen LogP contribution is -2.53. The van der Waals surface area contributed by atoms with Crippen LogP contribution in [0.1, 0.15) is 44.4 Å². The predicted octanol–water partition coefficient (Wildman–Crippen LogP) is 2.79. The lowest BCUT2D eigenvalue weighted by molar-refractivity contribution is -0.144. The Hall–Kier alpha value is -1.39. The molecule has 1 aliphatic rings. The van der Waals surface area contributed by atoms with Gasteiger partial charge in [0.2, 0.25) is 0 Å². The van der Waals surface area contributed by atoms with Crippen molar-refractivity contribution in [2.75, 3.05) is 26.2 Å². The fourth-order valence-corrected chi connectivity index (χ4v) is 3.32. The number of benzene rings is 1. The van der Waals surface area contributed by atoms with Gasteiger partial charge in [0.15, 0.2) is 0 Å². The topological polar surface area (TPSA) is 43.8 Å². The van der Waals surface area contributed by atoms with Gasteiger partial charge in [0, 0.05) is 25.7 Å². The third-order valence-corrected chi connectivity index (χ3v) is 4.61. The van der Waals surface area contributed by atoms with Gasteiger partial charge in [-0.25, -0.2) is 0 Å². The zero-order valence-corrected chi connectivity index (χ0v) is 14.0. The van der Waals surface area contributed by atoms with Gasteiger partial charge in [0.05, 0.1) is 0 Å². The molecule has 2 rings (SSSR count). The standard InChI is InChI=1S/C18H28N2O2/c1-4-10-19-11-12-20(13-14(19)3)17(18(21)22)16-8-6-15(5-2)7-9-16/h6-9,14,17H,4-5,10-13H2,1-3H3,(H,21,22). The van der Waals surface area contributed by atoms with E-state index in [1.165, 1.54) is 5.56 Å². The van der Waals surface area contributed by atoms with E-state index >= 15 is 0 Å². The quantitative estimate of drug-likeness (QED) is 0.877. The highest BCUT2D eigenvalue weighted by Gasteiger charge is 2.32. The van der Waals surface area contributed by atoms with Crippen molar-refractivity contribution < 1.29 is 9.90 Å². The average Bonchev–Trinajstić information content (AvgIpc) is 2.50. The van der Waals surface area contributed by atoms with E-state index in [1.54, 1.807) is 0 Å². The number of carboxylic acid groups (broad SMARTS) is 1. The van der Waals surface area contributed by atoms with E-state index in [-0.39, 0.29) is 0 Å². The van der Waals surface area contributed by atoms with Gasteiger partial charge in [0.25, 0.3) is 0 Å². The van der Waals surface area contributed by atoms with Crippen molar-refractivity contribution >= 4 is 5.97 Å². The molecular weight excluding hydrogens is 276 g/mol. The molecule has 1 fully saturated rings. The van der Waals surface area contributed by atoms with Crippen LogP contribution in [0.3, 0.4) is 0 Å². The molecule has 0 spiro atoms. The number of carboxylic acids is 1. The van der Waals surface area contributed by atoms with Crippen molar-refractivity contribution in [1.82, 2.24) is 9.80 Å². The van der Waals surface area contributed by atoms with Gasteiger partial charge in [-0.2, -0.15) is 0 Å². The molecule has 0 aromatic heterocycles. The molecule has 1 aromatic rings. The van der Waals surface area contributed by atoms with E-state index in [2.05, 4.69) is 30.6 Å². The van der Waals surface area contributed by atoms with Crippen LogP contribution in [0.5, 0.6) is 0 Å². The molecule has 1 aliphatic heterocycles. The molecular formula is C18H28N2O2. The summed E-state index contributed by atoms with van der Waals surface area (Å²) in [7, 11) is 0. The monoisotopic (exact) mass is 304 g/mol. The lowest BCUT2D eigenvalue weighted by atomic mass is 10.0. The van der Waals surface area contributed by atoms with Crippen LogP contribution in [0.15, 0.2) is 24.3 Å². The highest BCUT2D eigenvalue weighted by molar-refractivity contribution is 5.75. The van der Waals surface area contributed by atoms with Crippen molar-refractivity contribution in [3.8, 4) is 0 Å². The maximum absolute atomic E-state index is 11.8. The summed E-state index contributed by atoms with van der Waals surface area (Å²) in [5.74, 6) is -0.750. The van der Waals surface area contributed by atoms with Gasteiger partial charge in [0.1, 0.15) is 6.04 Å². The Morgan fingerprint density at radius 1 is 1.27 bits per heavy atom. The third kappa shape index (κ3) is 3.87. The van der Waals surface area contributed by atoms with E-state index in [0.29, 0.717) is 6.04 Å². The van der Waals surface area contributed by atoms with Gasteiger partial charge in [-0.3, -0.25) is 14.6 Å². The van der Waals surface area contributed by atoms with Gasteiger partial charge >= 0.3 is 5.97 Å². The van der Waals surface area contributed by atoms with Gasteiger partial charge in [-0.1, -0.05) is 38.1 Å². The van der Waals surface area contributed by atoms with Crippen LogP contribution < -0.4 is 0 Å². The van der Waals surface area contributed by atoms with Crippen LogP contribution in [0.4, 0.5) is 0 Å². The molecule has 4 nitrogen and oxygen atoms in total. The number of piperazine rings is 1. The van der Waals surface area contributed by atoms with Gasteiger partial charge in [-0.15, -0.1) is 0 Å². The number of aliphatic carboxylic acids is 1. The van der Waals surface area contributed by atoms with Crippen LogP contribution in [0.25, 0.3) is 0 Å². The normalized spacial score (nSPS) is 21.7. The molecule has 1 aromatic carbocycles. The highest BCUT2D eigenvalue weighted by atomic mass is 16.4. The second kappa shape index (κ2) is 7.75. The van der Waals surface area contributed by atoms with Crippen LogP contribution in [-0.4, -0.2) is 53.1 Å².